The van der Waals surface area contributed by atoms with Gasteiger partial charge in [0.25, 0.3) is 0 Å². The monoisotopic (exact) mass is 358 g/mol. The lowest BCUT2D eigenvalue weighted by Gasteiger charge is -2.23. The number of hydrogen-bond donors (Lipinski definition) is 2. The Morgan fingerprint density at radius 1 is 1.28 bits per heavy atom. The summed E-state index contributed by atoms with van der Waals surface area (Å²) in [4.78, 5) is 38.2. The molecule has 0 radical (unpaired) electrons. The molecule has 1 saturated heterocycles. The molecule has 1 aromatic carbocycles. The Hall–Kier alpha value is -2.67. The molecule has 0 spiro atoms. The molecule has 2 heterocycles. The summed E-state index contributed by atoms with van der Waals surface area (Å²) in [6, 6.07) is 9.97. The summed E-state index contributed by atoms with van der Waals surface area (Å²) in [6.45, 7) is 0.296. The molecule has 0 aliphatic carbocycles. The van der Waals surface area contributed by atoms with Crippen molar-refractivity contribution >= 4 is 29.1 Å². The molecule has 2 atom stereocenters. The van der Waals surface area contributed by atoms with Crippen molar-refractivity contribution in [1.29, 1.82) is 0 Å². The summed E-state index contributed by atoms with van der Waals surface area (Å²) in [5.41, 5.74) is 1.01. The number of rotatable bonds is 5. The van der Waals surface area contributed by atoms with Gasteiger partial charge in [-0.25, -0.2) is 4.79 Å². The van der Waals surface area contributed by atoms with E-state index in [9.17, 15) is 14.4 Å². The molecule has 2 unspecified atom stereocenters. The predicted molar refractivity (Wildman–Crippen MR) is 93.2 cm³/mol. The van der Waals surface area contributed by atoms with E-state index in [2.05, 4.69) is 5.32 Å². The highest BCUT2D eigenvalue weighted by molar-refractivity contribution is 7.10. The zero-order valence-corrected chi connectivity index (χ0v) is 14.5. The smallest absolute Gasteiger partial charge is 0.335 e. The van der Waals surface area contributed by atoms with Crippen LogP contribution in [0, 0.1) is 5.92 Å². The number of hydrogen-bond acceptors (Lipinski definition) is 4. The molecular formula is C18H18N2O4S. The largest absolute Gasteiger partial charge is 0.478 e. The standard InChI is InChI=1S/C18H18N2O4S/c1-20-15(21)9-13(16(20)14-3-2-8-25-14)17(22)19-10-11-4-6-12(7-5-11)18(23)24/h2-8,13,16H,9-10H2,1H3,(H,19,22)(H,23,24). The van der Waals surface area contributed by atoms with E-state index in [1.165, 1.54) is 23.5 Å². The molecule has 0 saturated carbocycles. The van der Waals surface area contributed by atoms with Gasteiger partial charge in [-0.3, -0.25) is 9.59 Å². The third-order valence-corrected chi connectivity index (χ3v) is 5.37. The molecule has 2 aromatic rings. The normalized spacial score (nSPS) is 19.9. The lowest BCUT2D eigenvalue weighted by atomic mass is 9.98. The molecule has 1 aliphatic rings. The second kappa shape index (κ2) is 7.06. The Morgan fingerprint density at radius 2 is 2.00 bits per heavy atom. The lowest BCUT2D eigenvalue weighted by molar-refractivity contribution is -0.128. The van der Waals surface area contributed by atoms with Crippen molar-refractivity contribution in [2.75, 3.05) is 7.05 Å². The minimum atomic E-state index is -0.984. The van der Waals surface area contributed by atoms with E-state index in [0.717, 1.165) is 10.4 Å². The SMILES string of the molecule is CN1C(=O)CC(C(=O)NCc2ccc(C(=O)O)cc2)C1c1cccs1. The quantitative estimate of drug-likeness (QED) is 0.858. The highest BCUT2D eigenvalue weighted by Gasteiger charge is 2.43. The van der Waals surface area contributed by atoms with Crippen LogP contribution in [0.5, 0.6) is 0 Å². The summed E-state index contributed by atoms with van der Waals surface area (Å²) in [7, 11) is 1.73. The molecule has 2 amide bonds. The van der Waals surface area contributed by atoms with E-state index in [1.54, 1.807) is 24.1 Å². The van der Waals surface area contributed by atoms with Crippen LogP contribution in [0.15, 0.2) is 41.8 Å². The van der Waals surface area contributed by atoms with Crippen molar-refractivity contribution in [3.8, 4) is 0 Å². The Balaban J connectivity index is 1.67. The third-order valence-electron chi connectivity index (χ3n) is 4.43. The van der Waals surface area contributed by atoms with Gasteiger partial charge >= 0.3 is 5.97 Å². The molecule has 130 valence electrons. The van der Waals surface area contributed by atoms with Gasteiger partial charge in [-0.2, -0.15) is 0 Å². The fraction of sp³-hybridized carbons (Fsp3) is 0.278. The van der Waals surface area contributed by atoms with Crippen molar-refractivity contribution in [1.82, 2.24) is 10.2 Å². The maximum Gasteiger partial charge on any atom is 0.335 e. The summed E-state index contributed by atoms with van der Waals surface area (Å²) in [5.74, 6) is -1.61. The Bertz CT molecular complexity index is 786. The van der Waals surface area contributed by atoms with E-state index in [-0.39, 0.29) is 29.8 Å². The van der Waals surface area contributed by atoms with E-state index in [4.69, 9.17) is 5.11 Å². The van der Waals surface area contributed by atoms with Crippen LogP contribution in [-0.4, -0.2) is 34.8 Å². The van der Waals surface area contributed by atoms with Gasteiger partial charge in [-0.1, -0.05) is 18.2 Å². The van der Waals surface area contributed by atoms with Gasteiger partial charge in [-0.05, 0) is 29.1 Å². The zero-order chi connectivity index (χ0) is 18.0. The predicted octanol–water partition coefficient (Wildman–Crippen LogP) is 2.28. The van der Waals surface area contributed by atoms with Crippen molar-refractivity contribution in [2.24, 2.45) is 5.92 Å². The minimum absolute atomic E-state index is 0.0376. The highest BCUT2D eigenvalue weighted by atomic mass is 32.1. The average Bonchev–Trinajstić information content (AvgIpc) is 3.22. The third kappa shape index (κ3) is 3.56. The van der Waals surface area contributed by atoms with Gasteiger partial charge in [0.2, 0.25) is 11.8 Å². The number of thiophene rings is 1. The van der Waals surface area contributed by atoms with Crippen LogP contribution < -0.4 is 5.32 Å². The number of carbonyl (C=O) groups excluding carboxylic acids is 2. The molecule has 1 aromatic heterocycles. The molecular weight excluding hydrogens is 340 g/mol. The summed E-state index contributed by atoms with van der Waals surface area (Å²) >= 11 is 1.54. The number of aromatic carboxylic acids is 1. The zero-order valence-electron chi connectivity index (χ0n) is 13.6. The topological polar surface area (TPSA) is 86.7 Å². The van der Waals surface area contributed by atoms with Crippen LogP contribution in [0.25, 0.3) is 0 Å². The number of carbonyl (C=O) groups is 3. The number of carboxylic acids is 1. The number of carboxylic acid groups (broad SMARTS) is 1. The lowest BCUT2D eigenvalue weighted by Crippen LogP contribution is -2.33. The minimum Gasteiger partial charge on any atom is -0.478 e. The second-order valence-corrected chi connectivity index (χ2v) is 6.97. The van der Waals surface area contributed by atoms with Crippen molar-refractivity contribution in [2.45, 2.75) is 19.0 Å². The van der Waals surface area contributed by atoms with E-state index in [0.29, 0.717) is 6.54 Å². The van der Waals surface area contributed by atoms with Gasteiger partial charge in [0.15, 0.2) is 0 Å². The van der Waals surface area contributed by atoms with E-state index >= 15 is 0 Å². The van der Waals surface area contributed by atoms with Gasteiger partial charge in [0, 0.05) is 24.9 Å². The van der Waals surface area contributed by atoms with Crippen LogP contribution in [0.3, 0.4) is 0 Å². The molecule has 7 heteroatoms. The van der Waals surface area contributed by atoms with E-state index < -0.39 is 11.9 Å². The molecule has 6 nitrogen and oxygen atoms in total. The highest BCUT2D eigenvalue weighted by Crippen LogP contribution is 2.39. The molecule has 0 bridgehead atoms. The first kappa shape index (κ1) is 17.2. The van der Waals surface area contributed by atoms with Crippen LogP contribution in [0.1, 0.15) is 33.3 Å². The Kier molecular flexibility index (Phi) is 4.85. The maximum atomic E-state index is 12.6. The number of nitrogens with one attached hydrogen (secondary N) is 1. The first-order valence-corrected chi connectivity index (χ1v) is 8.74. The van der Waals surface area contributed by atoms with Crippen molar-refractivity contribution in [3.63, 3.8) is 0 Å². The van der Waals surface area contributed by atoms with Gasteiger partial charge in [0.1, 0.15) is 0 Å². The first-order chi connectivity index (χ1) is 12.0. The van der Waals surface area contributed by atoms with Gasteiger partial charge in [0.05, 0.1) is 17.5 Å². The Labute approximate surface area is 149 Å². The molecule has 2 N–H and O–H groups in total. The number of nitrogens with zero attached hydrogens (tertiary/aromatic N) is 1. The second-order valence-electron chi connectivity index (χ2n) is 6.00. The van der Waals surface area contributed by atoms with Crippen molar-refractivity contribution < 1.29 is 19.5 Å². The maximum absolute atomic E-state index is 12.6. The number of amides is 2. The summed E-state index contributed by atoms with van der Waals surface area (Å²) in [5, 5.41) is 13.7. The fourth-order valence-corrected chi connectivity index (χ4v) is 3.97. The molecule has 25 heavy (non-hydrogen) atoms. The first-order valence-electron chi connectivity index (χ1n) is 7.86. The summed E-state index contributed by atoms with van der Waals surface area (Å²) < 4.78 is 0. The molecule has 1 aliphatic heterocycles. The van der Waals surface area contributed by atoms with E-state index in [1.807, 2.05) is 17.5 Å². The van der Waals surface area contributed by atoms with Gasteiger partial charge in [-0.15, -0.1) is 11.3 Å². The fourth-order valence-electron chi connectivity index (χ4n) is 3.04. The van der Waals surface area contributed by atoms with Gasteiger partial charge < -0.3 is 15.3 Å². The number of benzene rings is 1. The Morgan fingerprint density at radius 3 is 2.60 bits per heavy atom. The average molecular weight is 358 g/mol. The molecule has 3 rings (SSSR count). The molecule has 1 fully saturated rings. The van der Waals surface area contributed by atoms with Crippen LogP contribution in [0.4, 0.5) is 0 Å². The van der Waals surface area contributed by atoms with Crippen LogP contribution in [0.2, 0.25) is 0 Å². The van der Waals surface area contributed by atoms with Crippen LogP contribution in [-0.2, 0) is 16.1 Å². The number of likely N-dealkylation sites (tertiary alicyclic amines) is 1. The summed E-state index contributed by atoms with van der Waals surface area (Å²) in [6.07, 6.45) is 0.197. The van der Waals surface area contributed by atoms with Crippen LogP contribution >= 0.6 is 11.3 Å². The van der Waals surface area contributed by atoms with Crippen molar-refractivity contribution in [3.05, 3.63) is 57.8 Å².